The number of halogens is 1. The quantitative estimate of drug-likeness (QED) is 0.749. The first-order valence-electron chi connectivity index (χ1n) is 6.82. The van der Waals surface area contributed by atoms with Gasteiger partial charge in [-0.3, -0.25) is 0 Å². The molecule has 0 amide bonds. The summed E-state index contributed by atoms with van der Waals surface area (Å²) in [5.74, 6) is 2.76. The highest BCUT2D eigenvalue weighted by Crippen LogP contribution is 2.26. The molecule has 1 heterocycles. The standard InChI is InChI=1S/C16H19ClN2O/c1-4-12-5-7-13(8-6-12)20-15-10-18-16(11(2)3)19-14(15)9-17/h5-8,10-11H,4,9H2,1-3H3. The van der Waals surface area contributed by atoms with Gasteiger partial charge in [0.05, 0.1) is 12.1 Å². The fourth-order valence-electron chi connectivity index (χ4n) is 1.80. The number of aromatic nitrogens is 2. The van der Waals surface area contributed by atoms with Gasteiger partial charge in [-0.15, -0.1) is 11.6 Å². The molecule has 2 aromatic rings. The average Bonchev–Trinajstić information content (AvgIpc) is 2.48. The molecule has 0 unspecified atom stereocenters. The van der Waals surface area contributed by atoms with Crippen molar-refractivity contribution in [1.29, 1.82) is 0 Å². The smallest absolute Gasteiger partial charge is 0.168 e. The van der Waals surface area contributed by atoms with E-state index in [1.165, 1.54) is 5.56 Å². The van der Waals surface area contributed by atoms with Gasteiger partial charge in [0.2, 0.25) is 0 Å². The fraction of sp³-hybridized carbons (Fsp3) is 0.375. The van der Waals surface area contributed by atoms with Gasteiger partial charge in [-0.2, -0.15) is 0 Å². The molecule has 3 nitrogen and oxygen atoms in total. The predicted octanol–water partition coefficient (Wildman–Crippen LogP) is 4.69. The Bertz CT molecular complexity index is 567. The molecule has 0 N–H and O–H groups in total. The van der Waals surface area contributed by atoms with Crippen molar-refractivity contribution < 1.29 is 4.74 Å². The van der Waals surface area contributed by atoms with Crippen LogP contribution in [0.4, 0.5) is 0 Å². The monoisotopic (exact) mass is 290 g/mol. The van der Waals surface area contributed by atoms with Crippen LogP contribution >= 0.6 is 11.6 Å². The molecule has 0 saturated carbocycles. The lowest BCUT2D eigenvalue weighted by Gasteiger charge is -2.11. The molecule has 106 valence electrons. The van der Waals surface area contributed by atoms with E-state index in [-0.39, 0.29) is 5.92 Å². The second kappa shape index (κ2) is 6.71. The summed E-state index contributed by atoms with van der Waals surface area (Å²) in [5.41, 5.74) is 2.01. The summed E-state index contributed by atoms with van der Waals surface area (Å²) >= 11 is 5.95. The van der Waals surface area contributed by atoms with Gasteiger partial charge in [0, 0.05) is 5.92 Å². The van der Waals surface area contributed by atoms with Crippen LogP contribution in [0.3, 0.4) is 0 Å². The fourth-order valence-corrected chi connectivity index (χ4v) is 1.99. The summed E-state index contributed by atoms with van der Waals surface area (Å²) in [4.78, 5) is 8.77. The lowest BCUT2D eigenvalue weighted by atomic mass is 10.2. The summed E-state index contributed by atoms with van der Waals surface area (Å²) in [6, 6.07) is 8.01. The lowest BCUT2D eigenvalue weighted by molar-refractivity contribution is 0.469. The molecule has 0 aliphatic heterocycles. The Morgan fingerprint density at radius 1 is 1.20 bits per heavy atom. The molecule has 0 spiro atoms. The maximum Gasteiger partial charge on any atom is 0.168 e. The van der Waals surface area contributed by atoms with E-state index in [9.17, 15) is 0 Å². The molecule has 2 rings (SSSR count). The van der Waals surface area contributed by atoms with Crippen LogP contribution in [0.5, 0.6) is 11.5 Å². The number of alkyl halides is 1. The molecule has 20 heavy (non-hydrogen) atoms. The summed E-state index contributed by atoms with van der Waals surface area (Å²) in [7, 11) is 0. The van der Waals surface area contributed by atoms with Crippen molar-refractivity contribution in [2.75, 3.05) is 0 Å². The van der Waals surface area contributed by atoms with Crippen molar-refractivity contribution in [2.24, 2.45) is 0 Å². The lowest BCUT2D eigenvalue weighted by Crippen LogP contribution is -2.02. The highest BCUT2D eigenvalue weighted by Gasteiger charge is 2.10. The number of benzene rings is 1. The minimum Gasteiger partial charge on any atom is -0.454 e. The Hall–Kier alpha value is -1.61. The van der Waals surface area contributed by atoms with Crippen molar-refractivity contribution in [3.8, 4) is 11.5 Å². The van der Waals surface area contributed by atoms with Crippen LogP contribution < -0.4 is 4.74 Å². The highest BCUT2D eigenvalue weighted by molar-refractivity contribution is 6.17. The average molecular weight is 291 g/mol. The predicted molar refractivity (Wildman–Crippen MR) is 81.6 cm³/mol. The maximum absolute atomic E-state index is 5.95. The van der Waals surface area contributed by atoms with Crippen molar-refractivity contribution in [1.82, 2.24) is 9.97 Å². The molecule has 0 saturated heterocycles. The molecule has 0 atom stereocenters. The van der Waals surface area contributed by atoms with Crippen LogP contribution in [0.15, 0.2) is 30.5 Å². The second-order valence-corrected chi connectivity index (χ2v) is 5.19. The summed E-state index contributed by atoms with van der Waals surface area (Å²) < 4.78 is 5.83. The Balaban J connectivity index is 2.23. The molecule has 0 radical (unpaired) electrons. The Labute approximate surface area is 125 Å². The first-order valence-corrected chi connectivity index (χ1v) is 7.36. The zero-order valence-electron chi connectivity index (χ0n) is 12.1. The van der Waals surface area contributed by atoms with Gasteiger partial charge in [-0.05, 0) is 24.1 Å². The van der Waals surface area contributed by atoms with Gasteiger partial charge in [0.15, 0.2) is 5.75 Å². The maximum atomic E-state index is 5.95. The van der Waals surface area contributed by atoms with Gasteiger partial charge in [0.25, 0.3) is 0 Å². The summed E-state index contributed by atoms with van der Waals surface area (Å²) in [6.45, 7) is 6.23. The van der Waals surface area contributed by atoms with Crippen molar-refractivity contribution in [2.45, 2.75) is 39.0 Å². The topological polar surface area (TPSA) is 35.0 Å². The third-order valence-corrected chi connectivity index (χ3v) is 3.30. The molecule has 1 aromatic carbocycles. The molecule has 0 aliphatic rings. The second-order valence-electron chi connectivity index (χ2n) is 4.93. The molecule has 4 heteroatoms. The largest absolute Gasteiger partial charge is 0.454 e. The molecular weight excluding hydrogens is 272 g/mol. The minimum absolute atomic E-state index is 0.273. The molecule has 0 bridgehead atoms. The zero-order valence-corrected chi connectivity index (χ0v) is 12.8. The first kappa shape index (κ1) is 14.8. The van der Waals surface area contributed by atoms with E-state index in [1.54, 1.807) is 6.20 Å². The van der Waals surface area contributed by atoms with E-state index in [0.717, 1.165) is 23.7 Å². The van der Waals surface area contributed by atoms with Gasteiger partial charge < -0.3 is 4.74 Å². The number of aryl methyl sites for hydroxylation is 1. The zero-order chi connectivity index (χ0) is 14.5. The van der Waals surface area contributed by atoms with Crippen LogP contribution in [-0.4, -0.2) is 9.97 Å². The number of nitrogens with zero attached hydrogens (tertiary/aromatic N) is 2. The van der Waals surface area contributed by atoms with Crippen LogP contribution in [0.25, 0.3) is 0 Å². The highest BCUT2D eigenvalue weighted by atomic mass is 35.5. The number of hydrogen-bond acceptors (Lipinski definition) is 3. The Morgan fingerprint density at radius 2 is 1.90 bits per heavy atom. The first-order chi connectivity index (χ1) is 9.63. The molecular formula is C16H19ClN2O. The van der Waals surface area contributed by atoms with Crippen LogP contribution in [0, 0.1) is 0 Å². The van der Waals surface area contributed by atoms with Gasteiger partial charge >= 0.3 is 0 Å². The van der Waals surface area contributed by atoms with Crippen molar-refractivity contribution in [3.05, 3.63) is 47.5 Å². The van der Waals surface area contributed by atoms with Crippen molar-refractivity contribution >= 4 is 11.6 Å². The number of hydrogen-bond donors (Lipinski definition) is 0. The van der Waals surface area contributed by atoms with Crippen LogP contribution in [0.2, 0.25) is 0 Å². The Morgan fingerprint density at radius 3 is 2.45 bits per heavy atom. The minimum atomic E-state index is 0.273. The normalized spacial score (nSPS) is 10.8. The summed E-state index contributed by atoms with van der Waals surface area (Å²) in [5, 5.41) is 0. The SMILES string of the molecule is CCc1ccc(Oc2cnc(C(C)C)nc2CCl)cc1. The summed E-state index contributed by atoms with van der Waals surface area (Å²) in [6.07, 6.45) is 2.72. The molecule has 0 aliphatic carbocycles. The van der Waals surface area contributed by atoms with E-state index in [1.807, 2.05) is 12.1 Å². The van der Waals surface area contributed by atoms with E-state index >= 15 is 0 Å². The Kier molecular flexibility index (Phi) is 4.96. The van der Waals surface area contributed by atoms with E-state index in [4.69, 9.17) is 16.3 Å². The van der Waals surface area contributed by atoms with Crippen LogP contribution in [-0.2, 0) is 12.3 Å². The van der Waals surface area contributed by atoms with Gasteiger partial charge in [-0.25, -0.2) is 9.97 Å². The van der Waals surface area contributed by atoms with Gasteiger partial charge in [-0.1, -0.05) is 32.9 Å². The van der Waals surface area contributed by atoms with E-state index < -0.39 is 0 Å². The van der Waals surface area contributed by atoms with Crippen LogP contribution in [0.1, 0.15) is 43.8 Å². The van der Waals surface area contributed by atoms with Gasteiger partial charge in [0.1, 0.15) is 17.3 Å². The van der Waals surface area contributed by atoms with Crippen molar-refractivity contribution in [3.63, 3.8) is 0 Å². The number of rotatable bonds is 5. The third kappa shape index (κ3) is 3.48. The third-order valence-electron chi connectivity index (χ3n) is 3.05. The molecule has 0 fully saturated rings. The van der Waals surface area contributed by atoms with E-state index in [0.29, 0.717) is 11.6 Å². The van der Waals surface area contributed by atoms with E-state index in [2.05, 4.69) is 42.9 Å². The molecule has 1 aromatic heterocycles. The number of ether oxygens (including phenoxy) is 1.